The van der Waals surface area contributed by atoms with Gasteiger partial charge in [0, 0.05) is 6.04 Å². The van der Waals surface area contributed by atoms with Gasteiger partial charge < -0.3 is 5.11 Å². The summed E-state index contributed by atoms with van der Waals surface area (Å²) in [7, 11) is -4.38. The van der Waals surface area contributed by atoms with E-state index in [2.05, 4.69) is 4.72 Å². The Morgan fingerprint density at radius 1 is 1.29 bits per heavy atom. The minimum atomic E-state index is -4.38. The molecule has 2 N–H and O–H groups in total. The van der Waals surface area contributed by atoms with Crippen LogP contribution >= 0.6 is 0 Å². The Bertz CT molecular complexity index is 665. The first-order chi connectivity index (χ1) is 9.36. The highest BCUT2D eigenvalue weighted by molar-refractivity contribution is 7.89. The summed E-state index contributed by atoms with van der Waals surface area (Å²) in [6.07, 6.45) is 0. The molecule has 1 rings (SSSR count). The Labute approximate surface area is 122 Å². The quantitative estimate of drug-likeness (QED) is 0.892. The highest BCUT2D eigenvalue weighted by Gasteiger charge is 2.29. The van der Waals surface area contributed by atoms with Crippen LogP contribution in [0.3, 0.4) is 0 Å². The largest absolute Gasteiger partial charge is 0.478 e. The lowest BCUT2D eigenvalue weighted by atomic mass is 9.89. The minimum absolute atomic E-state index is 0.434. The molecule has 5 nitrogen and oxygen atoms in total. The zero-order valence-corrected chi connectivity index (χ0v) is 12.9. The molecule has 0 aromatic heterocycles. The number of hydrogen-bond donors (Lipinski definition) is 2. The lowest BCUT2D eigenvalue weighted by molar-refractivity contribution is 0.0696. The van der Waals surface area contributed by atoms with Crippen molar-refractivity contribution >= 4 is 16.0 Å². The van der Waals surface area contributed by atoms with Gasteiger partial charge in [-0.3, -0.25) is 0 Å². The molecule has 0 radical (unpaired) electrons. The molecule has 0 saturated carbocycles. The van der Waals surface area contributed by atoms with Crippen LogP contribution in [-0.4, -0.2) is 25.5 Å². The molecular formula is C13H17F2NO4S. The van der Waals surface area contributed by atoms with Crippen LogP contribution in [0.5, 0.6) is 0 Å². The van der Waals surface area contributed by atoms with E-state index >= 15 is 0 Å². The van der Waals surface area contributed by atoms with Crippen molar-refractivity contribution in [2.45, 2.75) is 38.6 Å². The number of hydrogen-bond acceptors (Lipinski definition) is 3. The van der Waals surface area contributed by atoms with E-state index in [1.165, 1.54) is 0 Å². The molecule has 0 spiro atoms. The maximum Gasteiger partial charge on any atom is 0.335 e. The average molecular weight is 321 g/mol. The predicted molar refractivity (Wildman–Crippen MR) is 72.6 cm³/mol. The topological polar surface area (TPSA) is 83.5 Å². The molecule has 0 fully saturated rings. The van der Waals surface area contributed by atoms with Crippen molar-refractivity contribution in [3.8, 4) is 0 Å². The van der Waals surface area contributed by atoms with Gasteiger partial charge in [0.1, 0.15) is 4.90 Å². The molecule has 0 aliphatic rings. The maximum absolute atomic E-state index is 13.7. The highest BCUT2D eigenvalue weighted by Crippen LogP contribution is 2.24. The van der Waals surface area contributed by atoms with Gasteiger partial charge in [0.2, 0.25) is 10.0 Å². The number of nitrogens with one attached hydrogen (secondary N) is 1. The first-order valence-electron chi connectivity index (χ1n) is 6.11. The molecule has 1 aromatic carbocycles. The number of aromatic carboxylic acids is 1. The molecule has 0 heterocycles. The number of rotatable bonds is 4. The monoisotopic (exact) mass is 321 g/mol. The van der Waals surface area contributed by atoms with Crippen LogP contribution in [0.2, 0.25) is 0 Å². The van der Waals surface area contributed by atoms with Crippen LogP contribution in [0.25, 0.3) is 0 Å². The van der Waals surface area contributed by atoms with E-state index in [1.807, 2.05) is 0 Å². The summed E-state index contributed by atoms with van der Waals surface area (Å²) in [5.74, 6) is -4.68. The van der Waals surface area contributed by atoms with Crippen LogP contribution in [0.15, 0.2) is 17.0 Å². The molecule has 118 valence electrons. The fraction of sp³-hybridized carbons (Fsp3) is 0.462. The first kappa shape index (κ1) is 17.5. The van der Waals surface area contributed by atoms with Crippen molar-refractivity contribution in [3.63, 3.8) is 0 Å². The van der Waals surface area contributed by atoms with Gasteiger partial charge in [0.15, 0.2) is 11.6 Å². The van der Waals surface area contributed by atoms with Gasteiger partial charge in [0.25, 0.3) is 0 Å². The summed E-state index contributed by atoms with van der Waals surface area (Å²) in [5.41, 5.74) is -1.09. The normalized spacial score (nSPS) is 14.0. The van der Waals surface area contributed by atoms with Crippen LogP contribution in [0.4, 0.5) is 8.78 Å². The van der Waals surface area contributed by atoms with Crippen molar-refractivity contribution in [3.05, 3.63) is 29.3 Å². The third-order valence-corrected chi connectivity index (χ3v) is 4.70. The number of sulfonamides is 1. The van der Waals surface area contributed by atoms with Gasteiger partial charge in [-0.2, -0.15) is 0 Å². The van der Waals surface area contributed by atoms with E-state index in [9.17, 15) is 22.0 Å². The standard InChI is InChI=1S/C13H17F2NO4S/c1-7(13(2,3)4)16-21(19,20)10-6-8(12(17)18)5-9(14)11(10)15/h5-7,16H,1-4H3,(H,17,18). The van der Waals surface area contributed by atoms with Gasteiger partial charge in [-0.1, -0.05) is 20.8 Å². The molecule has 21 heavy (non-hydrogen) atoms. The fourth-order valence-electron chi connectivity index (χ4n) is 1.36. The zero-order chi connectivity index (χ0) is 16.6. The van der Waals surface area contributed by atoms with E-state index in [0.29, 0.717) is 12.1 Å². The second-order valence-electron chi connectivity index (χ2n) is 5.78. The Morgan fingerprint density at radius 2 is 1.81 bits per heavy atom. The van der Waals surface area contributed by atoms with Gasteiger partial charge >= 0.3 is 5.97 Å². The third kappa shape index (κ3) is 3.98. The Hall–Kier alpha value is -1.54. The van der Waals surface area contributed by atoms with Gasteiger partial charge in [-0.25, -0.2) is 26.7 Å². The zero-order valence-electron chi connectivity index (χ0n) is 12.1. The lowest BCUT2D eigenvalue weighted by Gasteiger charge is -2.27. The van der Waals surface area contributed by atoms with Crippen molar-refractivity contribution in [1.29, 1.82) is 0 Å². The van der Waals surface area contributed by atoms with Crippen molar-refractivity contribution < 1.29 is 27.1 Å². The summed E-state index contributed by atoms with van der Waals surface area (Å²) >= 11 is 0. The molecule has 1 aromatic rings. The summed E-state index contributed by atoms with van der Waals surface area (Å²) in [5, 5.41) is 8.80. The Morgan fingerprint density at radius 3 is 2.24 bits per heavy atom. The number of benzene rings is 1. The number of halogens is 2. The molecule has 0 aliphatic carbocycles. The third-order valence-electron chi connectivity index (χ3n) is 3.16. The Balaban J connectivity index is 3.35. The molecule has 0 amide bonds. The summed E-state index contributed by atoms with van der Waals surface area (Å²) in [6.45, 7) is 6.88. The number of carbonyl (C=O) groups is 1. The van der Waals surface area contributed by atoms with Gasteiger partial charge in [-0.15, -0.1) is 0 Å². The van der Waals surface area contributed by atoms with E-state index in [1.54, 1.807) is 27.7 Å². The fourth-order valence-corrected chi connectivity index (χ4v) is 2.92. The summed E-state index contributed by atoms with van der Waals surface area (Å²) < 4.78 is 53.5. The van der Waals surface area contributed by atoms with Crippen LogP contribution < -0.4 is 4.72 Å². The van der Waals surface area contributed by atoms with E-state index in [4.69, 9.17) is 5.11 Å². The molecule has 0 saturated heterocycles. The minimum Gasteiger partial charge on any atom is -0.478 e. The highest BCUT2D eigenvalue weighted by atomic mass is 32.2. The van der Waals surface area contributed by atoms with Gasteiger partial charge in [-0.05, 0) is 24.5 Å². The second kappa shape index (κ2) is 5.69. The van der Waals surface area contributed by atoms with Crippen molar-refractivity contribution in [2.75, 3.05) is 0 Å². The van der Waals surface area contributed by atoms with E-state index in [-0.39, 0.29) is 0 Å². The number of carboxylic acids is 1. The van der Waals surface area contributed by atoms with E-state index in [0.717, 1.165) is 0 Å². The molecule has 0 aliphatic heterocycles. The van der Waals surface area contributed by atoms with Crippen LogP contribution in [0, 0.1) is 17.0 Å². The first-order valence-corrected chi connectivity index (χ1v) is 7.59. The molecule has 0 bridgehead atoms. The smallest absolute Gasteiger partial charge is 0.335 e. The molecule has 8 heteroatoms. The summed E-state index contributed by atoms with van der Waals surface area (Å²) in [4.78, 5) is 9.80. The SMILES string of the molecule is CC(NS(=O)(=O)c1cc(C(=O)O)cc(F)c1F)C(C)(C)C. The lowest BCUT2D eigenvalue weighted by Crippen LogP contribution is -2.41. The van der Waals surface area contributed by atoms with Crippen molar-refractivity contribution in [1.82, 2.24) is 4.72 Å². The molecular weight excluding hydrogens is 304 g/mol. The molecule has 1 unspecified atom stereocenters. The van der Waals surface area contributed by atoms with Crippen molar-refractivity contribution in [2.24, 2.45) is 5.41 Å². The summed E-state index contributed by atoms with van der Waals surface area (Å²) in [6, 6.07) is 0.459. The molecule has 1 atom stereocenters. The van der Waals surface area contributed by atoms with Crippen LogP contribution in [-0.2, 0) is 10.0 Å². The van der Waals surface area contributed by atoms with Gasteiger partial charge in [0.05, 0.1) is 5.56 Å². The predicted octanol–water partition coefficient (Wildman–Crippen LogP) is 2.38. The van der Waals surface area contributed by atoms with Crippen LogP contribution in [0.1, 0.15) is 38.1 Å². The average Bonchev–Trinajstić information content (AvgIpc) is 2.29. The Kier molecular flexibility index (Phi) is 4.74. The van der Waals surface area contributed by atoms with E-state index < -0.39 is 49.5 Å². The maximum atomic E-state index is 13.7. The number of carboxylic acid groups (broad SMARTS) is 1. The second-order valence-corrected chi connectivity index (χ2v) is 7.47.